The van der Waals surface area contributed by atoms with E-state index in [1.807, 2.05) is 0 Å². The highest BCUT2D eigenvalue weighted by molar-refractivity contribution is 5.57. The number of hydrogen-bond donors (Lipinski definition) is 0. The van der Waals surface area contributed by atoms with E-state index < -0.39 is 0 Å². The molecule has 3 rings (SSSR count). The lowest BCUT2D eigenvalue weighted by atomic mass is 9.75. The molecule has 3 aliphatic rings. The van der Waals surface area contributed by atoms with Gasteiger partial charge in [0.25, 0.3) is 0 Å². The summed E-state index contributed by atoms with van der Waals surface area (Å²) in [5.74, 6) is 0. The van der Waals surface area contributed by atoms with Crippen molar-refractivity contribution in [2.75, 3.05) is 0 Å². The van der Waals surface area contributed by atoms with Crippen molar-refractivity contribution in [3.8, 4) is 0 Å². The Balaban J connectivity index is 1.82. The van der Waals surface area contributed by atoms with Gasteiger partial charge in [-0.25, -0.2) is 0 Å². The molecule has 0 amide bonds. The maximum absolute atomic E-state index is 2.36. The molecule has 0 aromatic carbocycles. The molecule has 0 saturated carbocycles. The predicted octanol–water partition coefficient (Wildman–Crippen LogP) is 4.30. The lowest BCUT2D eigenvalue weighted by Gasteiger charge is -2.30. The summed E-state index contributed by atoms with van der Waals surface area (Å²) in [6.07, 6.45) is 14.9. The number of allylic oxidation sites excluding steroid dienone is 8. The van der Waals surface area contributed by atoms with Gasteiger partial charge in [0.2, 0.25) is 0 Å². The van der Waals surface area contributed by atoms with E-state index in [1.54, 1.807) is 11.1 Å². The quantitative estimate of drug-likeness (QED) is 0.558. The highest BCUT2D eigenvalue weighted by Gasteiger charge is 2.23. The maximum atomic E-state index is 2.36. The third-order valence-electron chi connectivity index (χ3n) is 3.63. The van der Waals surface area contributed by atoms with Crippen LogP contribution in [0.15, 0.2) is 45.6 Å². The highest BCUT2D eigenvalue weighted by atomic mass is 14.3. The average Bonchev–Trinajstić information content (AvgIpc) is 2.26. The zero-order valence-corrected chi connectivity index (χ0v) is 10.0. The molecule has 0 N–H and O–H groups in total. The Kier molecular flexibility index (Phi) is 2.38. The first kappa shape index (κ1) is 10.1. The van der Waals surface area contributed by atoms with Crippen molar-refractivity contribution in [1.29, 1.82) is 0 Å². The van der Waals surface area contributed by atoms with E-state index in [4.69, 9.17) is 0 Å². The van der Waals surface area contributed by atoms with E-state index in [9.17, 15) is 0 Å². The van der Waals surface area contributed by atoms with E-state index >= 15 is 0 Å². The third kappa shape index (κ3) is 1.71. The van der Waals surface area contributed by atoms with E-state index in [1.165, 1.54) is 41.6 Å². The van der Waals surface area contributed by atoms with Crippen LogP contribution in [-0.4, -0.2) is 0 Å². The van der Waals surface area contributed by atoms with Crippen molar-refractivity contribution in [3.05, 3.63) is 64.9 Å². The first-order valence-corrected chi connectivity index (χ1v) is 6.02. The Bertz CT molecular complexity index is 410. The van der Waals surface area contributed by atoms with Gasteiger partial charge in [-0.05, 0) is 33.1 Å². The molecule has 0 unspecified atom stereocenters. The summed E-state index contributed by atoms with van der Waals surface area (Å²) in [5.41, 5.74) is 9.11. The van der Waals surface area contributed by atoms with E-state index in [0.717, 1.165) is 0 Å². The second-order valence-electron chi connectivity index (χ2n) is 5.15. The fourth-order valence-electron chi connectivity index (χ4n) is 2.75. The summed E-state index contributed by atoms with van der Waals surface area (Å²) >= 11 is 0. The molecule has 0 spiro atoms. The van der Waals surface area contributed by atoms with Gasteiger partial charge in [-0.3, -0.25) is 0 Å². The molecule has 3 aliphatic carbocycles. The SMILES string of the molecule is CC1=C[CH]C2=C(C1)CC1=C([CH]C=C(C)C1)[CH]2. The molecule has 3 radical (unpaired) electrons. The molecule has 0 nitrogen and oxygen atoms in total. The van der Waals surface area contributed by atoms with Crippen LogP contribution in [0.5, 0.6) is 0 Å². The normalized spacial score (nSPS) is 24.9. The summed E-state index contributed by atoms with van der Waals surface area (Å²) in [6.45, 7) is 4.45. The van der Waals surface area contributed by atoms with Crippen LogP contribution in [-0.2, 0) is 0 Å². The van der Waals surface area contributed by atoms with Crippen LogP contribution >= 0.6 is 0 Å². The van der Waals surface area contributed by atoms with Gasteiger partial charge < -0.3 is 0 Å². The summed E-state index contributed by atoms with van der Waals surface area (Å²) in [5, 5.41) is 0. The molecule has 16 heavy (non-hydrogen) atoms. The molecule has 0 aromatic rings. The summed E-state index contributed by atoms with van der Waals surface area (Å²) in [7, 11) is 0. The van der Waals surface area contributed by atoms with E-state index in [0.29, 0.717) is 0 Å². The summed E-state index contributed by atoms with van der Waals surface area (Å²) in [6, 6.07) is 0. The van der Waals surface area contributed by atoms with Gasteiger partial charge in [-0.2, -0.15) is 0 Å². The zero-order valence-electron chi connectivity index (χ0n) is 10.0. The molecule has 0 aliphatic heterocycles. The van der Waals surface area contributed by atoms with Crippen LogP contribution in [0.4, 0.5) is 0 Å². The topological polar surface area (TPSA) is 0 Å². The van der Waals surface area contributed by atoms with Gasteiger partial charge in [0.1, 0.15) is 0 Å². The predicted molar refractivity (Wildman–Crippen MR) is 68.3 cm³/mol. The Morgan fingerprint density at radius 3 is 1.75 bits per heavy atom. The largest absolute Gasteiger partial charge is 0.0771 e. The van der Waals surface area contributed by atoms with Gasteiger partial charge in [0.15, 0.2) is 0 Å². The molecule has 0 atom stereocenters. The van der Waals surface area contributed by atoms with Crippen molar-refractivity contribution in [2.24, 2.45) is 0 Å². The van der Waals surface area contributed by atoms with Crippen molar-refractivity contribution < 1.29 is 0 Å². The van der Waals surface area contributed by atoms with E-state index in [2.05, 4.69) is 45.3 Å². The zero-order chi connectivity index (χ0) is 11.1. The molecular weight excluding hydrogens is 192 g/mol. The highest BCUT2D eigenvalue weighted by Crippen LogP contribution is 2.41. The van der Waals surface area contributed by atoms with Crippen LogP contribution in [0.2, 0.25) is 0 Å². The minimum Gasteiger partial charge on any atom is -0.0771 e. The summed E-state index contributed by atoms with van der Waals surface area (Å²) in [4.78, 5) is 0. The van der Waals surface area contributed by atoms with E-state index in [-0.39, 0.29) is 0 Å². The molecule has 0 saturated heterocycles. The van der Waals surface area contributed by atoms with Crippen LogP contribution in [0.1, 0.15) is 33.1 Å². The maximum Gasteiger partial charge on any atom is 0.0129 e. The smallest absolute Gasteiger partial charge is 0.0129 e. The fourth-order valence-corrected chi connectivity index (χ4v) is 2.75. The van der Waals surface area contributed by atoms with Gasteiger partial charge >= 0.3 is 0 Å². The summed E-state index contributed by atoms with van der Waals surface area (Å²) < 4.78 is 0. The Hall–Kier alpha value is -1.04. The van der Waals surface area contributed by atoms with Crippen molar-refractivity contribution in [1.82, 2.24) is 0 Å². The standard InChI is InChI=1S/C16H17/c1-11-3-5-13-9-14-6-4-12(2)8-16(14)10-15(13)7-11/h3-6,9H,7-8,10H2,1-2H3. The minimum absolute atomic E-state index is 1.17. The second kappa shape index (κ2) is 3.76. The molecule has 0 fully saturated rings. The van der Waals surface area contributed by atoms with Gasteiger partial charge in [0.05, 0.1) is 0 Å². The first-order chi connectivity index (χ1) is 7.72. The second-order valence-corrected chi connectivity index (χ2v) is 5.15. The van der Waals surface area contributed by atoms with Crippen LogP contribution in [0.25, 0.3) is 0 Å². The van der Waals surface area contributed by atoms with Crippen LogP contribution in [0.3, 0.4) is 0 Å². The van der Waals surface area contributed by atoms with Crippen LogP contribution in [0, 0.1) is 19.3 Å². The molecule has 0 heteroatoms. The molecule has 81 valence electrons. The lowest BCUT2D eigenvalue weighted by Crippen LogP contribution is -2.12. The molecule has 0 bridgehead atoms. The Morgan fingerprint density at radius 1 is 0.750 bits per heavy atom. The van der Waals surface area contributed by atoms with Crippen molar-refractivity contribution >= 4 is 0 Å². The van der Waals surface area contributed by atoms with Crippen molar-refractivity contribution in [2.45, 2.75) is 33.1 Å². The molecule has 0 aromatic heterocycles. The Labute approximate surface area is 98.4 Å². The fraction of sp³-hybridized carbons (Fsp3) is 0.312. The van der Waals surface area contributed by atoms with Gasteiger partial charge in [-0.15, -0.1) is 0 Å². The van der Waals surface area contributed by atoms with Gasteiger partial charge in [-0.1, -0.05) is 45.6 Å². The lowest BCUT2D eigenvalue weighted by molar-refractivity contribution is 0.877. The first-order valence-electron chi connectivity index (χ1n) is 6.02. The molecule has 0 heterocycles. The number of hydrogen-bond acceptors (Lipinski definition) is 0. The monoisotopic (exact) mass is 209 g/mol. The number of rotatable bonds is 0. The Morgan fingerprint density at radius 2 is 1.25 bits per heavy atom. The molecular formula is C16H17. The van der Waals surface area contributed by atoms with Crippen LogP contribution < -0.4 is 0 Å². The van der Waals surface area contributed by atoms with Gasteiger partial charge in [0, 0.05) is 19.3 Å². The third-order valence-corrected chi connectivity index (χ3v) is 3.63. The average molecular weight is 209 g/mol. The minimum atomic E-state index is 1.17. The van der Waals surface area contributed by atoms with Crippen molar-refractivity contribution in [3.63, 3.8) is 0 Å².